The molecule has 1 amide bonds. The zero-order chi connectivity index (χ0) is 11.3. The zero-order valence-corrected chi connectivity index (χ0v) is 9.14. The van der Waals surface area contributed by atoms with Gasteiger partial charge in [-0.3, -0.25) is 4.79 Å². The van der Waals surface area contributed by atoms with E-state index in [2.05, 4.69) is 16.2 Å². The van der Waals surface area contributed by atoms with Crippen LogP contribution in [0, 0.1) is 19.3 Å². The second-order valence-corrected chi connectivity index (χ2v) is 3.41. The van der Waals surface area contributed by atoms with Crippen molar-refractivity contribution in [3.8, 4) is 12.3 Å². The summed E-state index contributed by atoms with van der Waals surface area (Å²) in [5.41, 5.74) is 1.36. The number of hydrogen-bond donors (Lipinski definition) is 1. The normalized spacial score (nSPS) is 9.40. The molecule has 1 heterocycles. The Morgan fingerprint density at radius 2 is 2.40 bits per heavy atom. The maximum Gasteiger partial charge on any atom is 0.225 e. The Labute approximate surface area is 93.9 Å². The van der Waals surface area contributed by atoms with E-state index in [1.54, 1.807) is 19.1 Å². The number of nitrogens with zero attached hydrogens (tertiary/aromatic N) is 1. The average Bonchev–Trinajstić information content (AvgIpc) is 2.19. The van der Waals surface area contributed by atoms with Gasteiger partial charge < -0.3 is 5.32 Å². The molecule has 0 bridgehead atoms. The lowest BCUT2D eigenvalue weighted by molar-refractivity contribution is -0.116. The molecule has 0 saturated carbocycles. The first-order valence-corrected chi connectivity index (χ1v) is 4.87. The topological polar surface area (TPSA) is 42.0 Å². The van der Waals surface area contributed by atoms with Crippen LogP contribution in [0.15, 0.2) is 12.1 Å². The second kappa shape index (κ2) is 5.38. The Bertz CT molecular complexity index is 410. The molecule has 15 heavy (non-hydrogen) atoms. The third kappa shape index (κ3) is 3.61. The van der Waals surface area contributed by atoms with Gasteiger partial charge >= 0.3 is 0 Å². The van der Waals surface area contributed by atoms with Crippen molar-refractivity contribution in [1.29, 1.82) is 0 Å². The molecule has 1 aromatic rings. The summed E-state index contributed by atoms with van der Waals surface area (Å²) in [6.45, 7) is 1.78. The minimum Gasteiger partial charge on any atom is -0.324 e. The van der Waals surface area contributed by atoms with Crippen molar-refractivity contribution in [3.05, 3.63) is 23.0 Å². The lowest BCUT2D eigenvalue weighted by Gasteiger charge is -2.06. The first-order valence-electron chi connectivity index (χ1n) is 4.50. The van der Waals surface area contributed by atoms with E-state index < -0.39 is 0 Å². The smallest absolute Gasteiger partial charge is 0.225 e. The van der Waals surface area contributed by atoms with Gasteiger partial charge in [0.05, 0.1) is 11.4 Å². The molecular weight excluding hydrogens is 212 g/mol. The van der Waals surface area contributed by atoms with Crippen molar-refractivity contribution < 1.29 is 4.79 Å². The molecule has 3 nitrogen and oxygen atoms in total. The third-order valence-corrected chi connectivity index (χ3v) is 2.03. The zero-order valence-electron chi connectivity index (χ0n) is 8.38. The Morgan fingerprint density at radius 1 is 1.67 bits per heavy atom. The number of hydrogen-bond acceptors (Lipinski definition) is 2. The summed E-state index contributed by atoms with van der Waals surface area (Å²) >= 11 is 5.69. The fourth-order valence-electron chi connectivity index (χ4n) is 1.06. The molecule has 0 aromatic carbocycles. The summed E-state index contributed by atoms with van der Waals surface area (Å²) in [4.78, 5) is 15.4. The van der Waals surface area contributed by atoms with Crippen LogP contribution in [-0.4, -0.2) is 10.9 Å². The van der Waals surface area contributed by atoms with Crippen LogP contribution in [0.1, 0.15) is 18.5 Å². The summed E-state index contributed by atoms with van der Waals surface area (Å²) in [6.07, 6.45) is 5.81. The molecule has 1 N–H and O–H groups in total. The Hall–Kier alpha value is -1.53. The molecular formula is C11H11ClN2O. The van der Waals surface area contributed by atoms with Crippen molar-refractivity contribution >= 4 is 23.2 Å². The molecule has 0 radical (unpaired) electrons. The van der Waals surface area contributed by atoms with Gasteiger partial charge in [0.25, 0.3) is 0 Å². The van der Waals surface area contributed by atoms with Crippen LogP contribution in [0.2, 0.25) is 5.15 Å². The largest absolute Gasteiger partial charge is 0.324 e. The number of amides is 1. The minimum atomic E-state index is -0.111. The van der Waals surface area contributed by atoms with Crippen molar-refractivity contribution in [3.63, 3.8) is 0 Å². The summed E-state index contributed by atoms with van der Waals surface area (Å²) in [5, 5.41) is 3.13. The molecule has 4 heteroatoms. The number of aromatic nitrogens is 1. The van der Waals surface area contributed by atoms with Gasteiger partial charge in [-0.25, -0.2) is 4.98 Å². The average molecular weight is 223 g/mol. The molecule has 0 spiro atoms. The predicted molar refractivity (Wildman–Crippen MR) is 60.7 cm³/mol. The maximum absolute atomic E-state index is 11.3. The van der Waals surface area contributed by atoms with E-state index in [9.17, 15) is 4.79 Å². The predicted octanol–water partition coefficient (Wildman–Crippen LogP) is 2.40. The number of rotatable bonds is 3. The van der Waals surface area contributed by atoms with Gasteiger partial charge in [-0.15, -0.1) is 12.3 Å². The van der Waals surface area contributed by atoms with Crippen molar-refractivity contribution in [2.45, 2.75) is 19.8 Å². The van der Waals surface area contributed by atoms with Crippen LogP contribution >= 0.6 is 11.6 Å². The summed E-state index contributed by atoms with van der Waals surface area (Å²) in [7, 11) is 0. The molecule has 0 fully saturated rings. The standard InChI is InChI=1S/C11H11ClN2O/c1-3-4-5-11(15)14-9-6-7-10(12)13-8(9)2/h1,6-7H,4-5H2,2H3,(H,14,15). The van der Waals surface area contributed by atoms with Crippen molar-refractivity contribution in [1.82, 2.24) is 4.98 Å². The number of terminal acetylenes is 1. The van der Waals surface area contributed by atoms with Gasteiger partial charge in [-0.05, 0) is 19.1 Å². The first kappa shape index (κ1) is 11.5. The lowest BCUT2D eigenvalue weighted by atomic mass is 10.2. The molecule has 0 atom stereocenters. The van der Waals surface area contributed by atoms with E-state index >= 15 is 0 Å². The summed E-state index contributed by atoms with van der Waals surface area (Å²) in [5.74, 6) is 2.30. The van der Waals surface area contributed by atoms with Gasteiger partial charge in [0.2, 0.25) is 5.91 Å². The lowest BCUT2D eigenvalue weighted by Crippen LogP contribution is -2.12. The van der Waals surface area contributed by atoms with E-state index in [1.165, 1.54) is 0 Å². The molecule has 78 valence electrons. The van der Waals surface area contributed by atoms with E-state index in [-0.39, 0.29) is 5.91 Å². The van der Waals surface area contributed by atoms with E-state index in [0.717, 1.165) is 0 Å². The van der Waals surface area contributed by atoms with Gasteiger partial charge in [0.1, 0.15) is 5.15 Å². The van der Waals surface area contributed by atoms with Crippen LogP contribution in [0.3, 0.4) is 0 Å². The quantitative estimate of drug-likeness (QED) is 0.630. The molecule has 0 unspecified atom stereocenters. The highest BCUT2D eigenvalue weighted by molar-refractivity contribution is 6.29. The van der Waals surface area contributed by atoms with Gasteiger partial charge in [-0.2, -0.15) is 0 Å². The molecule has 1 rings (SSSR count). The Kier molecular flexibility index (Phi) is 4.14. The van der Waals surface area contributed by atoms with Crippen molar-refractivity contribution in [2.24, 2.45) is 0 Å². The highest BCUT2D eigenvalue weighted by Gasteiger charge is 2.04. The third-order valence-electron chi connectivity index (χ3n) is 1.82. The fourth-order valence-corrected chi connectivity index (χ4v) is 1.25. The van der Waals surface area contributed by atoms with E-state index in [1.807, 2.05) is 0 Å². The SMILES string of the molecule is C#CCCC(=O)Nc1ccc(Cl)nc1C. The van der Waals surface area contributed by atoms with Gasteiger partial charge in [0, 0.05) is 12.8 Å². The highest BCUT2D eigenvalue weighted by Crippen LogP contribution is 2.15. The van der Waals surface area contributed by atoms with Gasteiger partial charge in [-0.1, -0.05) is 11.6 Å². The Morgan fingerprint density at radius 3 is 3.00 bits per heavy atom. The van der Waals surface area contributed by atoms with Crippen LogP contribution in [0.5, 0.6) is 0 Å². The molecule has 0 aliphatic rings. The maximum atomic E-state index is 11.3. The van der Waals surface area contributed by atoms with Crippen LogP contribution < -0.4 is 5.32 Å². The molecule has 0 aliphatic heterocycles. The van der Waals surface area contributed by atoms with Crippen LogP contribution in [0.4, 0.5) is 5.69 Å². The number of pyridine rings is 1. The number of nitrogens with one attached hydrogen (secondary N) is 1. The van der Waals surface area contributed by atoms with Gasteiger partial charge in [0.15, 0.2) is 0 Å². The fraction of sp³-hybridized carbons (Fsp3) is 0.273. The summed E-state index contributed by atoms with van der Waals surface area (Å²) < 4.78 is 0. The monoisotopic (exact) mass is 222 g/mol. The number of carbonyl (C=O) groups excluding carboxylic acids is 1. The van der Waals surface area contributed by atoms with E-state index in [4.69, 9.17) is 18.0 Å². The van der Waals surface area contributed by atoms with E-state index in [0.29, 0.717) is 29.4 Å². The van der Waals surface area contributed by atoms with Crippen molar-refractivity contribution in [2.75, 3.05) is 5.32 Å². The highest BCUT2D eigenvalue weighted by atomic mass is 35.5. The number of anilines is 1. The molecule has 1 aromatic heterocycles. The molecule has 0 saturated heterocycles. The minimum absolute atomic E-state index is 0.111. The first-order chi connectivity index (χ1) is 7.13. The van der Waals surface area contributed by atoms with Crippen LogP contribution in [-0.2, 0) is 4.79 Å². The second-order valence-electron chi connectivity index (χ2n) is 3.02. The number of carbonyl (C=O) groups is 1. The number of aryl methyl sites for hydroxylation is 1. The summed E-state index contributed by atoms with van der Waals surface area (Å²) in [6, 6.07) is 3.35. The van der Waals surface area contributed by atoms with Crippen LogP contribution in [0.25, 0.3) is 0 Å². The Balaban J connectivity index is 2.65. The number of halogens is 1. The molecule has 0 aliphatic carbocycles.